The zero-order valence-corrected chi connectivity index (χ0v) is 12.5. The minimum Gasteiger partial charge on any atom is -0.435 e. The van der Waals surface area contributed by atoms with Gasteiger partial charge in [-0.05, 0) is 13.8 Å². The number of ether oxygens (including phenoxy) is 3. The maximum Gasteiger partial charge on any atom is 0.341 e. The lowest BCUT2D eigenvalue weighted by molar-refractivity contribution is -0.152. The molecule has 0 heterocycles. The summed E-state index contributed by atoms with van der Waals surface area (Å²) in [6.07, 6.45) is 0.00780. The zero-order valence-electron chi connectivity index (χ0n) is 11.5. The average molecular weight is 306 g/mol. The molecule has 0 fully saturated rings. The van der Waals surface area contributed by atoms with Gasteiger partial charge in [-0.2, -0.15) is 0 Å². The van der Waals surface area contributed by atoms with Gasteiger partial charge >= 0.3 is 11.9 Å². The molecule has 0 amide bonds. The molecule has 0 aromatic carbocycles. The second-order valence-electron chi connectivity index (χ2n) is 3.49. The Labute approximate surface area is 118 Å². The van der Waals surface area contributed by atoms with E-state index in [2.05, 4.69) is 22.6 Å². The topological polar surface area (TPSA) is 88.1 Å². The standard InChI is InChI=1S/C12H19O7P/c1-5-16-9(4)20(15)19-10(12(14)18-7-3)8-11(13)17-6-2/h6-7,9-10,20H,2-3,5,8H2,1,4H3. The molecule has 0 N–H and O–H groups in total. The van der Waals surface area contributed by atoms with Gasteiger partial charge in [0.1, 0.15) is 5.85 Å². The van der Waals surface area contributed by atoms with Gasteiger partial charge in [-0.15, -0.1) is 0 Å². The number of carbonyl (C=O) groups excluding carboxylic acids is 2. The van der Waals surface area contributed by atoms with Crippen molar-refractivity contribution in [2.45, 2.75) is 32.2 Å². The second kappa shape index (κ2) is 10.4. The van der Waals surface area contributed by atoms with Crippen LogP contribution >= 0.6 is 8.03 Å². The highest BCUT2D eigenvalue weighted by Crippen LogP contribution is 2.33. The summed E-state index contributed by atoms with van der Waals surface area (Å²) in [7, 11) is -2.69. The fraction of sp³-hybridized carbons (Fsp3) is 0.500. The molecule has 0 aromatic heterocycles. The number of rotatable bonds is 10. The Balaban J connectivity index is 4.71. The van der Waals surface area contributed by atoms with Crippen molar-refractivity contribution < 1.29 is 32.9 Å². The maximum atomic E-state index is 11.8. The van der Waals surface area contributed by atoms with Crippen LogP contribution in [0.15, 0.2) is 25.7 Å². The summed E-state index contributed by atoms with van der Waals surface area (Å²) in [6, 6.07) is 0. The first kappa shape index (κ1) is 18.6. The lowest BCUT2D eigenvalue weighted by Crippen LogP contribution is -2.27. The van der Waals surface area contributed by atoms with Crippen LogP contribution in [0.25, 0.3) is 0 Å². The van der Waals surface area contributed by atoms with Gasteiger partial charge in [0.25, 0.3) is 0 Å². The van der Waals surface area contributed by atoms with E-state index in [4.69, 9.17) is 9.26 Å². The number of hydrogen-bond donors (Lipinski definition) is 0. The van der Waals surface area contributed by atoms with Crippen LogP contribution in [0.5, 0.6) is 0 Å². The van der Waals surface area contributed by atoms with Gasteiger partial charge < -0.3 is 18.7 Å². The van der Waals surface area contributed by atoms with Gasteiger partial charge in [-0.1, -0.05) is 13.2 Å². The highest BCUT2D eigenvalue weighted by Gasteiger charge is 2.28. The first-order valence-corrected chi connectivity index (χ1v) is 7.29. The Kier molecular flexibility index (Phi) is 9.63. The summed E-state index contributed by atoms with van der Waals surface area (Å²) in [4.78, 5) is 22.9. The maximum absolute atomic E-state index is 11.8. The van der Waals surface area contributed by atoms with Crippen molar-refractivity contribution in [3.8, 4) is 0 Å². The third-order valence-electron chi connectivity index (χ3n) is 2.04. The minimum absolute atomic E-state index is 0.348. The first-order valence-electron chi connectivity index (χ1n) is 5.90. The first-order chi connectivity index (χ1) is 9.46. The van der Waals surface area contributed by atoms with Crippen molar-refractivity contribution in [1.82, 2.24) is 0 Å². The molecular weight excluding hydrogens is 287 g/mol. The monoisotopic (exact) mass is 306 g/mol. The van der Waals surface area contributed by atoms with E-state index >= 15 is 0 Å². The third kappa shape index (κ3) is 7.23. The molecule has 8 heteroatoms. The molecule has 0 aromatic rings. The molecule has 0 aliphatic carbocycles. The van der Waals surface area contributed by atoms with E-state index in [-0.39, 0.29) is 0 Å². The molecule has 0 saturated heterocycles. The van der Waals surface area contributed by atoms with Crippen LogP contribution in [0.4, 0.5) is 0 Å². The molecule has 0 bridgehead atoms. The fourth-order valence-electron chi connectivity index (χ4n) is 1.18. The van der Waals surface area contributed by atoms with E-state index in [0.29, 0.717) is 6.61 Å². The Hall–Kier alpha value is -1.43. The van der Waals surface area contributed by atoms with Crippen molar-refractivity contribution in [2.75, 3.05) is 6.61 Å². The predicted octanol–water partition coefficient (Wildman–Crippen LogP) is 1.99. The average Bonchev–Trinajstić information content (AvgIpc) is 2.38. The number of esters is 2. The lowest BCUT2D eigenvalue weighted by atomic mass is 10.2. The van der Waals surface area contributed by atoms with Gasteiger partial charge in [0.05, 0.1) is 18.9 Å². The van der Waals surface area contributed by atoms with E-state index in [1.165, 1.54) is 0 Å². The summed E-state index contributed by atoms with van der Waals surface area (Å²) in [5.74, 6) is -2.33. The van der Waals surface area contributed by atoms with Gasteiger partial charge in [0, 0.05) is 6.61 Å². The molecule has 0 saturated carbocycles. The summed E-state index contributed by atoms with van der Waals surface area (Å²) in [5, 5.41) is 0. The van der Waals surface area contributed by atoms with Gasteiger partial charge in [-0.3, -0.25) is 9.36 Å². The second-order valence-corrected chi connectivity index (χ2v) is 5.17. The van der Waals surface area contributed by atoms with Crippen molar-refractivity contribution in [2.24, 2.45) is 0 Å². The van der Waals surface area contributed by atoms with Crippen LogP contribution in [0.3, 0.4) is 0 Å². The SMILES string of the molecule is C=COC(=O)CC(O[PH](=O)C(C)OCC)C(=O)OC=C. The van der Waals surface area contributed by atoms with Crippen molar-refractivity contribution in [3.63, 3.8) is 0 Å². The molecule has 114 valence electrons. The number of carbonyl (C=O) groups is 2. The van der Waals surface area contributed by atoms with Crippen LogP contribution in [-0.2, 0) is 32.9 Å². The molecular formula is C12H19O7P. The normalized spacial score (nSPS) is 14.7. The highest BCUT2D eigenvalue weighted by atomic mass is 31.1. The van der Waals surface area contributed by atoms with Crippen LogP contribution < -0.4 is 0 Å². The lowest BCUT2D eigenvalue weighted by Gasteiger charge is -2.17. The Bertz CT molecular complexity index is 380. The van der Waals surface area contributed by atoms with E-state index in [1.54, 1.807) is 13.8 Å². The quantitative estimate of drug-likeness (QED) is 0.346. The largest absolute Gasteiger partial charge is 0.435 e. The molecule has 3 unspecified atom stereocenters. The van der Waals surface area contributed by atoms with Crippen LogP contribution in [0.2, 0.25) is 0 Å². The van der Waals surface area contributed by atoms with Gasteiger partial charge in [-0.25, -0.2) is 4.79 Å². The molecule has 20 heavy (non-hydrogen) atoms. The Morgan fingerprint density at radius 2 is 1.85 bits per heavy atom. The molecule has 0 aliphatic rings. The molecule has 0 aliphatic heterocycles. The fourth-order valence-corrected chi connectivity index (χ4v) is 2.13. The predicted molar refractivity (Wildman–Crippen MR) is 72.2 cm³/mol. The molecule has 0 rings (SSSR count). The minimum atomic E-state index is -2.69. The van der Waals surface area contributed by atoms with Gasteiger partial charge in [0.2, 0.25) is 8.03 Å². The summed E-state index contributed by atoms with van der Waals surface area (Å²) < 4.78 is 31.0. The highest BCUT2D eigenvalue weighted by molar-refractivity contribution is 7.39. The third-order valence-corrected chi connectivity index (χ3v) is 3.38. The van der Waals surface area contributed by atoms with E-state index in [0.717, 1.165) is 12.5 Å². The molecule has 7 nitrogen and oxygen atoms in total. The van der Waals surface area contributed by atoms with Crippen LogP contribution in [0.1, 0.15) is 20.3 Å². The van der Waals surface area contributed by atoms with E-state index < -0.39 is 38.3 Å². The zero-order chi connectivity index (χ0) is 15.5. The smallest absolute Gasteiger partial charge is 0.341 e. The van der Waals surface area contributed by atoms with Crippen LogP contribution in [0, 0.1) is 0 Å². The Morgan fingerprint density at radius 1 is 1.25 bits per heavy atom. The number of hydrogen-bond acceptors (Lipinski definition) is 7. The van der Waals surface area contributed by atoms with Crippen molar-refractivity contribution in [1.29, 1.82) is 0 Å². The Morgan fingerprint density at radius 3 is 2.35 bits per heavy atom. The summed E-state index contributed by atoms with van der Waals surface area (Å²) in [5.41, 5.74) is 0. The van der Waals surface area contributed by atoms with E-state index in [1.807, 2.05) is 0 Å². The van der Waals surface area contributed by atoms with Gasteiger partial charge in [0.15, 0.2) is 6.10 Å². The van der Waals surface area contributed by atoms with Crippen molar-refractivity contribution in [3.05, 3.63) is 25.7 Å². The summed E-state index contributed by atoms with van der Waals surface area (Å²) >= 11 is 0. The molecule has 3 atom stereocenters. The molecule has 0 spiro atoms. The van der Waals surface area contributed by atoms with Crippen molar-refractivity contribution >= 4 is 20.0 Å². The molecule has 0 radical (unpaired) electrons. The summed E-state index contributed by atoms with van der Waals surface area (Å²) in [6.45, 7) is 10.1. The van der Waals surface area contributed by atoms with E-state index in [9.17, 15) is 14.2 Å². The van der Waals surface area contributed by atoms with Crippen LogP contribution in [-0.4, -0.2) is 30.5 Å².